The lowest BCUT2D eigenvalue weighted by Gasteiger charge is -2.17. The number of hydrogen-bond acceptors (Lipinski definition) is 4. The zero-order valence-corrected chi connectivity index (χ0v) is 16.0. The molecule has 0 aliphatic carbocycles. The Morgan fingerprint density at radius 2 is 1.72 bits per heavy atom. The van der Waals surface area contributed by atoms with E-state index in [4.69, 9.17) is 4.74 Å². The monoisotopic (exact) mass is 410 g/mol. The van der Waals surface area contributed by atoms with Crippen LogP contribution in [0.25, 0.3) is 0 Å². The van der Waals surface area contributed by atoms with E-state index >= 15 is 0 Å². The standard InChI is InChI=1S/C20H21F3N2O4/c1-25(19(27)12-7-14-5-3-4-6-17(14)28-2)13-18(26)24-15-8-10-16(11-9-15)29-20(21,22)23/h3-6,8-11H,7,12-13H2,1-2H3,(H,24,26). The molecule has 0 atom stereocenters. The number of para-hydroxylation sites is 1. The number of nitrogens with zero attached hydrogens (tertiary/aromatic N) is 1. The van der Waals surface area contributed by atoms with Crippen LogP contribution in [0.4, 0.5) is 18.9 Å². The number of rotatable bonds is 8. The van der Waals surface area contributed by atoms with Crippen LogP contribution in [0.15, 0.2) is 48.5 Å². The van der Waals surface area contributed by atoms with E-state index in [1.807, 2.05) is 24.3 Å². The molecule has 0 aromatic heterocycles. The van der Waals surface area contributed by atoms with E-state index in [1.165, 1.54) is 24.1 Å². The minimum absolute atomic E-state index is 0.189. The molecule has 156 valence electrons. The van der Waals surface area contributed by atoms with Crippen molar-refractivity contribution >= 4 is 17.5 Å². The fraction of sp³-hybridized carbons (Fsp3) is 0.300. The highest BCUT2D eigenvalue weighted by molar-refractivity contribution is 5.94. The minimum atomic E-state index is -4.78. The predicted octanol–water partition coefficient (Wildman–Crippen LogP) is 3.62. The van der Waals surface area contributed by atoms with Gasteiger partial charge in [0.25, 0.3) is 0 Å². The summed E-state index contributed by atoms with van der Waals surface area (Å²) in [6.45, 7) is -0.189. The van der Waals surface area contributed by atoms with E-state index in [9.17, 15) is 22.8 Å². The fourth-order valence-corrected chi connectivity index (χ4v) is 2.59. The Morgan fingerprint density at radius 3 is 2.34 bits per heavy atom. The van der Waals surface area contributed by atoms with Gasteiger partial charge in [-0.3, -0.25) is 9.59 Å². The van der Waals surface area contributed by atoms with Crippen molar-refractivity contribution in [2.75, 3.05) is 26.0 Å². The number of alkyl halides is 3. The Morgan fingerprint density at radius 1 is 1.07 bits per heavy atom. The molecule has 0 fully saturated rings. The van der Waals surface area contributed by atoms with Gasteiger partial charge in [-0.05, 0) is 42.3 Å². The third-order valence-corrected chi connectivity index (χ3v) is 3.98. The van der Waals surface area contributed by atoms with Gasteiger partial charge in [-0.25, -0.2) is 0 Å². The van der Waals surface area contributed by atoms with Crippen molar-refractivity contribution in [3.8, 4) is 11.5 Å². The molecule has 0 spiro atoms. The molecule has 6 nitrogen and oxygen atoms in total. The van der Waals surface area contributed by atoms with Crippen LogP contribution in [0.5, 0.6) is 11.5 Å². The summed E-state index contributed by atoms with van der Waals surface area (Å²) in [4.78, 5) is 25.6. The Bertz CT molecular complexity index is 838. The Hall–Kier alpha value is -3.23. The zero-order valence-electron chi connectivity index (χ0n) is 16.0. The van der Waals surface area contributed by atoms with Crippen LogP contribution >= 0.6 is 0 Å². The molecule has 0 bridgehead atoms. The van der Waals surface area contributed by atoms with Crippen molar-refractivity contribution in [1.82, 2.24) is 4.90 Å². The number of benzene rings is 2. The maximum Gasteiger partial charge on any atom is 0.573 e. The second-order valence-electron chi connectivity index (χ2n) is 6.18. The average molecular weight is 410 g/mol. The van der Waals surface area contributed by atoms with Crippen LogP contribution < -0.4 is 14.8 Å². The summed E-state index contributed by atoms with van der Waals surface area (Å²) in [5, 5.41) is 2.52. The molecule has 0 radical (unpaired) electrons. The molecule has 0 saturated carbocycles. The number of amides is 2. The topological polar surface area (TPSA) is 67.9 Å². The van der Waals surface area contributed by atoms with Crippen molar-refractivity contribution in [2.24, 2.45) is 0 Å². The lowest BCUT2D eigenvalue weighted by atomic mass is 10.1. The first-order valence-corrected chi connectivity index (χ1v) is 8.69. The second kappa shape index (κ2) is 9.81. The first-order chi connectivity index (χ1) is 13.7. The molecule has 0 unspecified atom stereocenters. The summed E-state index contributed by atoms with van der Waals surface area (Å²) in [7, 11) is 3.06. The molecule has 0 heterocycles. The summed E-state index contributed by atoms with van der Waals surface area (Å²) in [5.41, 5.74) is 1.18. The number of carbonyl (C=O) groups excluding carboxylic acids is 2. The van der Waals surface area contributed by atoms with Crippen LogP contribution in [-0.4, -0.2) is 43.8 Å². The number of halogens is 3. The lowest BCUT2D eigenvalue weighted by molar-refractivity contribution is -0.274. The Balaban J connectivity index is 1.82. The fourth-order valence-electron chi connectivity index (χ4n) is 2.59. The third kappa shape index (κ3) is 7.36. The van der Waals surface area contributed by atoms with Crippen molar-refractivity contribution in [2.45, 2.75) is 19.2 Å². The summed E-state index contributed by atoms with van der Waals surface area (Å²) in [6.07, 6.45) is -4.11. The first-order valence-electron chi connectivity index (χ1n) is 8.69. The van der Waals surface area contributed by atoms with Gasteiger partial charge in [-0.2, -0.15) is 0 Å². The van der Waals surface area contributed by atoms with E-state index in [0.29, 0.717) is 17.9 Å². The molecule has 0 aliphatic rings. The van der Waals surface area contributed by atoms with Crippen LogP contribution in [-0.2, 0) is 16.0 Å². The molecule has 9 heteroatoms. The molecule has 0 saturated heterocycles. The third-order valence-electron chi connectivity index (χ3n) is 3.98. The van der Waals surface area contributed by atoms with Crippen LogP contribution in [0.3, 0.4) is 0 Å². The quantitative estimate of drug-likeness (QED) is 0.722. The normalized spacial score (nSPS) is 10.9. The first kappa shape index (κ1) is 22.1. The average Bonchev–Trinajstić information content (AvgIpc) is 2.66. The van der Waals surface area contributed by atoms with Crippen molar-refractivity contribution in [3.05, 3.63) is 54.1 Å². The van der Waals surface area contributed by atoms with E-state index in [-0.39, 0.29) is 24.6 Å². The summed E-state index contributed by atoms with van der Waals surface area (Å²) < 4.78 is 45.5. The largest absolute Gasteiger partial charge is 0.573 e. The van der Waals surface area contributed by atoms with Crippen molar-refractivity contribution in [3.63, 3.8) is 0 Å². The van der Waals surface area contributed by atoms with Gasteiger partial charge in [-0.15, -0.1) is 13.2 Å². The molecule has 2 aromatic carbocycles. The van der Waals surface area contributed by atoms with E-state index in [2.05, 4.69) is 10.1 Å². The number of methoxy groups -OCH3 is 1. The molecular formula is C20H21F3N2O4. The smallest absolute Gasteiger partial charge is 0.496 e. The van der Waals surface area contributed by atoms with Crippen molar-refractivity contribution in [1.29, 1.82) is 0 Å². The SMILES string of the molecule is COc1ccccc1CCC(=O)N(C)CC(=O)Nc1ccc(OC(F)(F)F)cc1. The molecule has 2 amide bonds. The molecule has 2 aromatic rings. The predicted molar refractivity (Wildman–Crippen MR) is 101 cm³/mol. The zero-order chi connectivity index (χ0) is 21.4. The van der Waals surface area contributed by atoms with Crippen LogP contribution in [0, 0.1) is 0 Å². The van der Waals surface area contributed by atoms with Gasteiger partial charge in [0.2, 0.25) is 11.8 Å². The second-order valence-corrected chi connectivity index (χ2v) is 6.18. The highest BCUT2D eigenvalue weighted by Crippen LogP contribution is 2.24. The number of nitrogens with one attached hydrogen (secondary N) is 1. The van der Waals surface area contributed by atoms with Crippen LogP contribution in [0.1, 0.15) is 12.0 Å². The van der Waals surface area contributed by atoms with Gasteiger partial charge in [0.05, 0.1) is 13.7 Å². The van der Waals surface area contributed by atoms with Gasteiger partial charge in [0.15, 0.2) is 0 Å². The van der Waals surface area contributed by atoms with Gasteiger partial charge in [0.1, 0.15) is 11.5 Å². The Kier molecular flexibility index (Phi) is 7.46. The summed E-state index contributed by atoms with van der Waals surface area (Å²) in [5.74, 6) is -0.389. The van der Waals surface area contributed by atoms with Crippen LogP contribution in [0.2, 0.25) is 0 Å². The van der Waals surface area contributed by atoms with E-state index < -0.39 is 12.3 Å². The number of anilines is 1. The van der Waals surface area contributed by atoms with E-state index in [1.54, 1.807) is 7.11 Å². The molecule has 1 N–H and O–H groups in total. The summed E-state index contributed by atoms with van der Waals surface area (Å²) >= 11 is 0. The van der Waals surface area contributed by atoms with Gasteiger partial charge in [-0.1, -0.05) is 18.2 Å². The molecule has 0 aliphatic heterocycles. The molecule has 2 rings (SSSR count). The number of likely N-dealkylation sites (N-methyl/N-ethyl adjacent to an activating group) is 1. The number of ether oxygens (including phenoxy) is 2. The van der Waals surface area contributed by atoms with E-state index in [0.717, 1.165) is 17.7 Å². The maximum atomic E-state index is 12.3. The summed E-state index contributed by atoms with van der Waals surface area (Å²) in [6, 6.07) is 12.1. The minimum Gasteiger partial charge on any atom is -0.496 e. The van der Waals surface area contributed by atoms with Gasteiger partial charge in [0, 0.05) is 19.2 Å². The highest BCUT2D eigenvalue weighted by Gasteiger charge is 2.31. The van der Waals surface area contributed by atoms with Gasteiger partial charge >= 0.3 is 6.36 Å². The number of hydrogen-bond donors (Lipinski definition) is 1. The maximum absolute atomic E-state index is 12.3. The van der Waals surface area contributed by atoms with Gasteiger partial charge < -0.3 is 19.7 Å². The lowest BCUT2D eigenvalue weighted by Crippen LogP contribution is -2.35. The molecular weight excluding hydrogens is 389 g/mol. The molecule has 29 heavy (non-hydrogen) atoms. The number of carbonyl (C=O) groups is 2. The Labute approximate surface area is 166 Å². The highest BCUT2D eigenvalue weighted by atomic mass is 19.4. The van der Waals surface area contributed by atoms with Crippen molar-refractivity contribution < 1.29 is 32.2 Å². The number of aryl methyl sites for hydroxylation is 1.